The first-order valence-corrected chi connectivity index (χ1v) is 8.78. The van der Waals surface area contributed by atoms with Crippen LogP contribution < -0.4 is 10.5 Å². The average molecular weight is 310 g/mol. The Hall–Kier alpha value is -1.24. The number of sulfonamides is 1. The number of hydrogen-bond donors (Lipinski definition) is 2. The third-order valence-electron chi connectivity index (χ3n) is 4.09. The van der Waals surface area contributed by atoms with E-state index in [0.29, 0.717) is 18.5 Å². The maximum absolute atomic E-state index is 12.5. The summed E-state index contributed by atoms with van der Waals surface area (Å²) in [5, 5.41) is 0. The molecule has 21 heavy (non-hydrogen) atoms. The number of nitrogens with one attached hydrogen (secondary N) is 1. The van der Waals surface area contributed by atoms with Crippen LogP contribution in [0.25, 0.3) is 0 Å². The highest BCUT2D eigenvalue weighted by Gasteiger charge is 2.36. The summed E-state index contributed by atoms with van der Waals surface area (Å²) in [6.45, 7) is 2.05. The molecule has 116 valence electrons. The van der Waals surface area contributed by atoms with Crippen molar-refractivity contribution in [1.29, 1.82) is 0 Å². The largest absolute Gasteiger partial charge is 0.329 e. The van der Waals surface area contributed by atoms with E-state index in [1.54, 1.807) is 19.1 Å². The zero-order valence-electron chi connectivity index (χ0n) is 12.3. The van der Waals surface area contributed by atoms with E-state index in [9.17, 15) is 13.2 Å². The van der Waals surface area contributed by atoms with Crippen LogP contribution in [-0.4, -0.2) is 26.3 Å². The van der Waals surface area contributed by atoms with Gasteiger partial charge in [0, 0.05) is 24.1 Å². The first kappa shape index (κ1) is 16.1. The van der Waals surface area contributed by atoms with Gasteiger partial charge in [-0.05, 0) is 25.0 Å². The molecule has 1 aliphatic carbocycles. The molecular weight excluding hydrogens is 288 g/mol. The van der Waals surface area contributed by atoms with E-state index in [1.807, 2.05) is 0 Å². The number of benzene rings is 1. The minimum atomic E-state index is -3.66. The molecule has 3 N–H and O–H groups in total. The molecule has 0 saturated heterocycles. The molecule has 0 atom stereocenters. The van der Waals surface area contributed by atoms with E-state index < -0.39 is 15.6 Å². The summed E-state index contributed by atoms with van der Waals surface area (Å²) in [5.41, 5.74) is 5.66. The van der Waals surface area contributed by atoms with Gasteiger partial charge in [-0.2, -0.15) is 0 Å². The Morgan fingerprint density at radius 3 is 2.57 bits per heavy atom. The summed E-state index contributed by atoms with van der Waals surface area (Å²) < 4.78 is 27.8. The zero-order valence-corrected chi connectivity index (χ0v) is 13.1. The van der Waals surface area contributed by atoms with Crippen LogP contribution in [0.15, 0.2) is 29.2 Å². The maximum atomic E-state index is 12.5. The number of ketones is 1. The normalized spacial score (nSPS) is 17.8. The standard InChI is InChI=1S/C15H22N2O3S/c1-2-14(18)12-6-5-7-13(10-12)21(19,20)17-15(11-16)8-3-4-9-15/h5-7,10,17H,2-4,8-9,11,16H2,1H3. The summed E-state index contributed by atoms with van der Waals surface area (Å²) in [6, 6.07) is 6.18. The van der Waals surface area contributed by atoms with Gasteiger partial charge in [0.2, 0.25) is 10.0 Å². The van der Waals surface area contributed by atoms with Crippen molar-refractivity contribution in [1.82, 2.24) is 4.72 Å². The summed E-state index contributed by atoms with van der Waals surface area (Å²) in [4.78, 5) is 11.8. The van der Waals surface area contributed by atoms with E-state index in [2.05, 4.69) is 4.72 Å². The molecule has 2 rings (SSSR count). The van der Waals surface area contributed by atoms with Crippen LogP contribution in [0.3, 0.4) is 0 Å². The molecule has 0 unspecified atom stereocenters. The first-order chi connectivity index (χ1) is 9.92. The highest BCUT2D eigenvalue weighted by molar-refractivity contribution is 7.89. The topological polar surface area (TPSA) is 89.3 Å². The summed E-state index contributed by atoms with van der Waals surface area (Å²) in [6.07, 6.45) is 3.83. The summed E-state index contributed by atoms with van der Waals surface area (Å²) in [7, 11) is -3.66. The average Bonchev–Trinajstić information content (AvgIpc) is 2.95. The molecule has 0 aliphatic heterocycles. The van der Waals surface area contributed by atoms with E-state index >= 15 is 0 Å². The minimum Gasteiger partial charge on any atom is -0.329 e. The molecular formula is C15H22N2O3S. The minimum absolute atomic E-state index is 0.0681. The molecule has 0 radical (unpaired) electrons. The second-order valence-electron chi connectivity index (χ2n) is 5.60. The molecule has 0 heterocycles. The molecule has 1 aromatic rings. The molecule has 6 heteroatoms. The van der Waals surface area contributed by atoms with Crippen molar-refractivity contribution in [2.45, 2.75) is 49.5 Å². The van der Waals surface area contributed by atoms with Crippen molar-refractivity contribution in [2.75, 3.05) is 6.54 Å². The highest BCUT2D eigenvalue weighted by Crippen LogP contribution is 2.30. The molecule has 1 aromatic carbocycles. The smallest absolute Gasteiger partial charge is 0.241 e. The van der Waals surface area contributed by atoms with Crippen molar-refractivity contribution < 1.29 is 13.2 Å². The number of carbonyl (C=O) groups excluding carboxylic acids is 1. The van der Waals surface area contributed by atoms with E-state index in [0.717, 1.165) is 25.7 Å². The molecule has 1 fully saturated rings. The Morgan fingerprint density at radius 1 is 1.33 bits per heavy atom. The lowest BCUT2D eigenvalue weighted by Gasteiger charge is -2.28. The van der Waals surface area contributed by atoms with Crippen LogP contribution in [0.5, 0.6) is 0 Å². The third kappa shape index (κ3) is 3.51. The SMILES string of the molecule is CCC(=O)c1cccc(S(=O)(=O)NC2(CN)CCCC2)c1. The van der Waals surface area contributed by atoms with Crippen LogP contribution >= 0.6 is 0 Å². The lowest BCUT2D eigenvalue weighted by atomic mass is 10.0. The van der Waals surface area contributed by atoms with E-state index in [4.69, 9.17) is 5.73 Å². The van der Waals surface area contributed by atoms with E-state index in [-0.39, 0.29) is 10.7 Å². The Kier molecular flexibility index (Phi) is 4.81. The van der Waals surface area contributed by atoms with Crippen molar-refractivity contribution in [3.63, 3.8) is 0 Å². The van der Waals surface area contributed by atoms with Crippen LogP contribution in [0.2, 0.25) is 0 Å². The lowest BCUT2D eigenvalue weighted by molar-refractivity contribution is 0.0988. The molecule has 0 spiro atoms. The van der Waals surface area contributed by atoms with E-state index in [1.165, 1.54) is 12.1 Å². The van der Waals surface area contributed by atoms with Crippen LogP contribution in [0.1, 0.15) is 49.4 Å². The van der Waals surface area contributed by atoms with Gasteiger partial charge in [0.05, 0.1) is 4.90 Å². The van der Waals surface area contributed by atoms with Gasteiger partial charge in [0.1, 0.15) is 0 Å². The van der Waals surface area contributed by atoms with Crippen molar-refractivity contribution in [3.8, 4) is 0 Å². The Labute approximate surface area is 126 Å². The van der Waals surface area contributed by atoms with Gasteiger partial charge in [-0.15, -0.1) is 0 Å². The van der Waals surface area contributed by atoms with Gasteiger partial charge in [0.25, 0.3) is 0 Å². The van der Waals surface area contributed by atoms with Crippen LogP contribution in [0, 0.1) is 0 Å². The Bertz CT molecular complexity index is 620. The Morgan fingerprint density at radius 2 is 2.00 bits per heavy atom. The summed E-state index contributed by atoms with van der Waals surface area (Å²) in [5.74, 6) is -0.0681. The van der Waals surface area contributed by atoms with Crippen molar-refractivity contribution in [2.24, 2.45) is 5.73 Å². The molecule has 1 saturated carbocycles. The number of rotatable bonds is 6. The second-order valence-corrected chi connectivity index (χ2v) is 7.28. The van der Waals surface area contributed by atoms with Crippen molar-refractivity contribution >= 4 is 15.8 Å². The molecule has 1 aliphatic rings. The molecule has 0 bridgehead atoms. The Balaban J connectivity index is 2.29. The van der Waals surface area contributed by atoms with Gasteiger partial charge < -0.3 is 5.73 Å². The summed E-state index contributed by atoms with van der Waals surface area (Å²) >= 11 is 0. The highest BCUT2D eigenvalue weighted by atomic mass is 32.2. The van der Waals surface area contributed by atoms with Crippen molar-refractivity contribution in [3.05, 3.63) is 29.8 Å². The predicted octanol–water partition coefficient (Wildman–Crippen LogP) is 1.83. The quantitative estimate of drug-likeness (QED) is 0.784. The molecule has 0 amide bonds. The van der Waals surface area contributed by atoms with Gasteiger partial charge in [-0.1, -0.05) is 31.9 Å². The van der Waals surface area contributed by atoms with Crippen LogP contribution in [-0.2, 0) is 10.0 Å². The predicted molar refractivity (Wildman–Crippen MR) is 81.6 cm³/mol. The lowest BCUT2D eigenvalue weighted by Crippen LogP contribution is -2.51. The van der Waals surface area contributed by atoms with Gasteiger partial charge >= 0.3 is 0 Å². The fraction of sp³-hybridized carbons (Fsp3) is 0.533. The first-order valence-electron chi connectivity index (χ1n) is 7.30. The number of nitrogens with two attached hydrogens (primary N) is 1. The second kappa shape index (κ2) is 6.25. The fourth-order valence-corrected chi connectivity index (χ4v) is 4.30. The van der Waals surface area contributed by atoms with Crippen LogP contribution in [0.4, 0.5) is 0 Å². The zero-order chi connectivity index (χ0) is 15.5. The monoisotopic (exact) mass is 310 g/mol. The van der Waals surface area contributed by atoms with Gasteiger partial charge in [-0.3, -0.25) is 4.79 Å². The number of carbonyl (C=O) groups is 1. The number of hydrogen-bond acceptors (Lipinski definition) is 4. The molecule has 0 aromatic heterocycles. The molecule has 5 nitrogen and oxygen atoms in total. The van der Waals surface area contributed by atoms with Gasteiger partial charge in [0.15, 0.2) is 5.78 Å². The fourth-order valence-electron chi connectivity index (χ4n) is 2.78. The maximum Gasteiger partial charge on any atom is 0.241 e. The third-order valence-corrected chi connectivity index (χ3v) is 5.67. The van der Waals surface area contributed by atoms with Gasteiger partial charge in [-0.25, -0.2) is 13.1 Å². The number of Topliss-reactive ketones (excluding diaryl/α,β-unsaturated/α-hetero) is 1.